The second kappa shape index (κ2) is 8.54. The number of ether oxygens (including phenoxy) is 3. The van der Waals surface area contributed by atoms with Crippen LogP contribution in [0.5, 0.6) is 0 Å². The summed E-state index contributed by atoms with van der Waals surface area (Å²) in [6.07, 6.45) is -13.5. The third kappa shape index (κ3) is 3.79. The summed E-state index contributed by atoms with van der Waals surface area (Å²) in [6.45, 7) is 2.05. The van der Waals surface area contributed by atoms with Crippen molar-refractivity contribution in [3.63, 3.8) is 0 Å². The molecule has 0 unspecified atom stereocenters. The smallest absolute Gasteiger partial charge is 0.187 e. The van der Waals surface area contributed by atoms with E-state index in [-0.39, 0.29) is 6.42 Å². The minimum absolute atomic E-state index is 0.0944. The molecule has 0 bridgehead atoms. The molecule has 11 nitrogen and oxygen atoms in total. The van der Waals surface area contributed by atoms with Crippen LogP contribution in [0.4, 0.5) is 0 Å². The maximum Gasteiger partial charge on any atom is 0.187 e. The highest BCUT2D eigenvalue weighted by Gasteiger charge is 2.55. The second-order valence-electron chi connectivity index (χ2n) is 6.46. The third-order valence-electron chi connectivity index (χ3n) is 4.73. The molecule has 0 saturated carbocycles. The van der Waals surface area contributed by atoms with Gasteiger partial charge in [-0.05, 0) is 6.42 Å². The normalized spacial score (nSPS) is 49.8. The first kappa shape index (κ1) is 21.6. The lowest BCUT2D eigenvalue weighted by Gasteiger charge is -2.49. The van der Waals surface area contributed by atoms with Crippen molar-refractivity contribution >= 4 is 0 Å². The SMILES string of the molecule is C=CC[C@]1(CO)O[C@H](O[C@H]2[C@H](O)[C@@H](O)[C@H](O)O[C@@H]2CO)[C@H](O)[C@@H](O)[C@H]1O. The van der Waals surface area contributed by atoms with Gasteiger partial charge in [-0.1, -0.05) is 6.08 Å². The van der Waals surface area contributed by atoms with Crippen LogP contribution in [-0.2, 0) is 14.2 Å². The Morgan fingerprint density at radius 3 is 2.15 bits per heavy atom. The van der Waals surface area contributed by atoms with Gasteiger partial charge in [-0.15, -0.1) is 6.58 Å². The molecule has 2 aliphatic heterocycles. The van der Waals surface area contributed by atoms with E-state index in [1.165, 1.54) is 6.08 Å². The molecule has 0 radical (unpaired) electrons. The van der Waals surface area contributed by atoms with Gasteiger partial charge in [0.05, 0.1) is 13.2 Å². The van der Waals surface area contributed by atoms with Crippen LogP contribution in [-0.4, -0.2) is 115 Å². The van der Waals surface area contributed by atoms with Crippen molar-refractivity contribution in [2.75, 3.05) is 13.2 Å². The molecule has 2 saturated heterocycles. The maximum atomic E-state index is 10.2. The molecule has 0 spiro atoms. The second-order valence-corrected chi connectivity index (χ2v) is 6.46. The Bertz CT molecular complexity index is 475. The highest BCUT2D eigenvalue weighted by Crippen LogP contribution is 2.35. The van der Waals surface area contributed by atoms with Gasteiger partial charge in [0.25, 0.3) is 0 Å². The molecule has 0 amide bonds. The molecule has 2 rings (SSSR count). The van der Waals surface area contributed by atoms with Gasteiger partial charge in [-0.2, -0.15) is 0 Å². The molecule has 0 aliphatic carbocycles. The molecule has 2 fully saturated rings. The fourth-order valence-electron chi connectivity index (χ4n) is 3.14. The molecule has 26 heavy (non-hydrogen) atoms. The lowest BCUT2D eigenvalue weighted by atomic mass is 9.84. The summed E-state index contributed by atoms with van der Waals surface area (Å²) < 4.78 is 15.8. The van der Waals surface area contributed by atoms with E-state index in [4.69, 9.17) is 14.2 Å². The summed E-state index contributed by atoms with van der Waals surface area (Å²) in [6, 6.07) is 0. The van der Waals surface area contributed by atoms with E-state index >= 15 is 0 Å². The molecule has 8 N–H and O–H groups in total. The van der Waals surface area contributed by atoms with E-state index in [0.29, 0.717) is 0 Å². The average molecular weight is 382 g/mol. The predicted octanol–water partition coefficient (Wildman–Crippen LogP) is -4.45. The first-order valence-electron chi connectivity index (χ1n) is 8.12. The van der Waals surface area contributed by atoms with E-state index < -0.39 is 74.1 Å². The molecule has 0 aromatic heterocycles. The van der Waals surface area contributed by atoms with Crippen molar-refractivity contribution in [1.82, 2.24) is 0 Å². The van der Waals surface area contributed by atoms with E-state index in [9.17, 15) is 40.9 Å². The lowest BCUT2D eigenvalue weighted by molar-refractivity contribution is -0.374. The maximum absolute atomic E-state index is 10.2. The highest BCUT2D eigenvalue weighted by atomic mass is 16.7. The topological polar surface area (TPSA) is 190 Å². The number of aliphatic hydroxyl groups excluding tert-OH is 8. The molecule has 11 heteroatoms. The molecule has 0 aromatic rings. The molecule has 10 atom stereocenters. The number of rotatable bonds is 6. The Kier molecular flexibility index (Phi) is 7.10. The van der Waals surface area contributed by atoms with Gasteiger partial charge >= 0.3 is 0 Å². The van der Waals surface area contributed by atoms with Crippen LogP contribution in [0.25, 0.3) is 0 Å². The summed E-state index contributed by atoms with van der Waals surface area (Å²) in [5.74, 6) is 0. The van der Waals surface area contributed by atoms with Crippen LogP contribution in [0.3, 0.4) is 0 Å². The Hall–Kier alpha value is -0.700. The van der Waals surface area contributed by atoms with Crippen molar-refractivity contribution in [2.24, 2.45) is 0 Å². The summed E-state index contributed by atoms with van der Waals surface area (Å²) in [5.41, 5.74) is -1.72. The largest absolute Gasteiger partial charge is 0.394 e. The van der Waals surface area contributed by atoms with Gasteiger partial charge in [-0.3, -0.25) is 0 Å². The van der Waals surface area contributed by atoms with Gasteiger partial charge < -0.3 is 55.1 Å². The molecular formula is C15H26O11. The van der Waals surface area contributed by atoms with E-state index in [1.54, 1.807) is 0 Å². The Balaban J connectivity index is 2.24. The van der Waals surface area contributed by atoms with Crippen molar-refractivity contribution in [3.05, 3.63) is 12.7 Å². The van der Waals surface area contributed by atoms with Crippen molar-refractivity contribution in [2.45, 2.75) is 67.3 Å². The van der Waals surface area contributed by atoms with Gasteiger partial charge in [-0.25, -0.2) is 0 Å². The van der Waals surface area contributed by atoms with Crippen LogP contribution in [0.15, 0.2) is 12.7 Å². The summed E-state index contributed by atoms with van der Waals surface area (Å²) in [7, 11) is 0. The quantitative estimate of drug-likeness (QED) is 0.207. The van der Waals surface area contributed by atoms with Crippen LogP contribution >= 0.6 is 0 Å². The van der Waals surface area contributed by atoms with Gasteiger partial charge in [0.15, 0.2) is 12.6 Å². The zero-order valence-corrected chi connectivity index (χ0v) is 13.9. The minimum Gasteiger partial charge on any atom is -0.394 e. The van der Waals surface area contributed by atoms with Gasteiger partial charge in [0, 0.05) is 0 Å². The molecule has 2 aliphatic rings. The molecule has 152 valence electrons. The van der Waals surface area contributed by atoms with E-state index in [0.717, 1.165) is 0 Å². The summed E-state index contributed by atoms with van der Waals surface area (Å²) >= 11 is 0. The fourth-order valence-corrected chi connectivity index (χ4v) is 3.14. The Labute approximate surface area is 149 Å². The lowest BCUT2D eigenvalue weighted by Crippen LogP contribution is -2.68. The standard InChI is InChI=1S/C15H26O11/c1-2-3-15(5-17)12(22)8(19)10(21)14(26-15)25-11-6(4-16)24-13(23)9(20)7(11)18/h2,6-14,16-23H,1,3-5H2/t6-,7-,8-,9-,10-,11-,12-,13-,14+,15-/m1/s1. The zero-order chi connectivity index (χ0) is 19.6. The Morgan fingerprint density at radius 2 is 1.62 bits per heavy atom. The van der Waals surface area contributed by atoms with Gasteiger partial charge in [0.2, 0.25) is 0 Å². The number of aliphatic hydroxyl groups is 8. The van der Waals surface area contributed by atoms with Crippen LogP contribution in [0, 0.1) is 0 Å². The first-order valence-corrected chi connectivity index (χ1v) is 8.12. The zero-order valence-electron chi connectivity index (χ0n) is 13.9. The molecule has 0 aromatic carbocycles. The summed E-state index contributed by atoms with van der Waals surface area (Å²) in [5, 5.41) is 78.7. The van der Waals surface area contributed by atoms with Crippen molar-refractivity contribution in [3.8, 4) is 0 Å². The molecular weight excluding hydrogens is 356 g/mol. The molecule has 2 heterocycles. The predicted molar refractivity (Wildman–Crippen MR) is 82.4 cm³/mol. The van der Waals surface area contributed by atoms with Crippen molar-refractivity contribution in [1.29, 1.82) is 0 Å². The number of hydrogen-bond acceptors (Lipinski definition) is 11. The average Bonchev–Trinajstić information content (AvgIpc) is 2.63. The van der Waals surface area contributed by atoms with E-state index in [2.05, 4.69) is 6.58 Å². The fraction of sp³-hybridized carbons (Fsp3) is 0.867. The monoisotopic (exact) mass is 382 g/mol. The minimum atomic E-state index is -1.77. The highest BCUT2D eigenvalue weighted by molar-refractivity contribution is 5.03. The summed E-state index contributed by atoms with van der Waals surface area (Å²) in [4.78, 5) is 0. The number of hydrogen-bond donors (Lipinski definition) is 8. The Morgan fingerprint density at radius 1 is 0.962 bits per heavy atom. The van der Waals surface area contributed by atoms with Crippen LogP contribution in [0.1, 0.15) is 6.42 Å². The first-order chi connectivity index (χ1) is 12.2. The van der Waals surface area contributed by atoms with Crippen LogP contribution in [0.2, 0.25) is 0 Å². The third-order valence-corrected chi connectivity index (χ3v) is 4.73. The van der Waals surface area contributed by atoms with Crippen LogP contribution < -0.4 is 0 Å². The van der Waals surface area contributed by atoms with E-state index in [1.807, 2.05) is 0 Å². The van der Waals surface area contributed by atoms with Crippen molar-refractivity contribution < 1.29 is 55.1 Å². The van der Waals surface area contributed by atoms with Gasteiger partial charge in [0.1, 0.15) is 48.3 Å².